The van der Waals surface area contributed by atoms with Crippen LogP contribution in [0.3, 0.4) is 0 Å². The molecule has 6 unspecified atom stereocenters. The summed E-state index contributed by atoms with van der Waals surface area (Å²) in [6, 6.07) is 0. The van der Waals surface area contributed by atoms with Gasteiger partial charge in [0.25, 0.3) is 0 Å². The zero-order valence-electron chi connectivity index (χ0n) is 37.0. The maximum absolute atomic E-state index is 12.1. The van der Waals surface area contributed by atoms with Crippen molar-refractivity contribution in [3.63, 3.8) is 0 Å². The van der Waals surface area contributed by atoms with Crippen LogP contribution in [-0.4, -0.2) is 348 Å². The van der Waals surface area contributed by atoms with E-state index >= 15 is 0 Å². The molecule has 0 spiro atoms. The summed E-state index contributed by atoms with van der Waals surface area (Å²) >= 11 is 0. The molecule has 28 nitrogen and oxygen atoms in total. The number of carbonyl (C=O) groups is 6. The second-order valence-corrected chi connectivity index (χ2v) is 16.2. The molecule has 1 heterocycles. The number of aliphatic hydroxyl groups is 7. The van der Waals surface area contributed by atoms with Crippen molar-refractivity contribution in [1.82, 2.24) is 44.1 Å². The fourth-order valence-electron chi connectivity index (χ4n) is 6.96. The Kier molecular flexibility index (Phi) is 27.8. The van der Waals surface area contributed by atoms with Crippen molar-refractivity contribution in [3.8, 4) is 0 Å². The van der Waals surface area contributed by atoms with Crippen LogP contribution in [0.1, 0.15) is 0 Å². The van der Waals surface area contributed by atoms with E-state index in [0.29, 0.717) is 0 Å². The molecule has 1 fully saturated rings. The first kappa shape index (κ1) is 58.7. The lowest BCUT2D eigenvalue weighted by Gasteiger charge is -2.36. The molecule has 28 heteroatoms. The summed E-state index contributed by atoms with van der Waals surface area (Å²) in [5.41, 5.74) is 0. The molecule has 0 aromatic rings. The monoisotopic (exact) mass is 945 g/mol. The molecule has 6 atom stereocenters. The Hall–Kier alpha value is -4.30. The number of rotatable bonds is 29. The maximum Gasteiger partial charge on any atom is 0.407 e. The minimum Gasteiger partial charge on any atom is -0.480 e. The SMILES string of the molecule is CN(CCN(CCN(CCN(C)CC(=O)O)C(=O)O)CC(O)CN(CC(O)CN1CCN(CC(=O)O)CCN(C(=O)O)CCN(C(=O)O)CC1)CC(O)C(O)C(O)C(O)CO)CC(=O)O. The van der Waals surface area contributed by atoms with E-state index in [2.05, 4.69) is 0 Å². The zero-order chi connectivity index (χ0) is 49.4. The lowest BCUT2D eigenvalue weighted by molar-refractivity contribution is -0.139. The van der Waals surface area contributed by atoms with Gasteiger partial charge in [0.05, 0.1) is 44.6 Å². The molecule has 0 radical (unpaired) electrons. The quantitative estimate of drug-likeness (QED) is 0.0331. The second kappa shape index (κ2) is 30.8. The van der Waals surface area contributed by atoms with Gasteiger partial charge < -0.3 is 81.1 Å². The molecular formula is C37H71N9O19. The summed E-state index contributed by atoms with van der Waals surface area (Å²) in [7, 11) is 3.04. The molecule has 1 aliphatic rings. The Balaban J connectivity index is 3.38. The molecule has 1 rings (SSSR count). The number of likely N-dealkylation sites (N-methyl/N-ethyl adjacent to an activating group) is 2. The van der Waals surface area contributed by atoms with Gasteiger partial charge in [0.2, 0.25) is 0 Å². The van der Waals surface area contributed by atoms with E-state index in [1.807, 2.05) is 0 Å². The van der Waals surface area contributed by atoms with Gasteiger partial charge in [-0.25, -0.2) is 14.4 Å². The predicted molar refractivity (Wildman–Crippen MR) is 226 cm³/mol. The Bertz CT molecular complexity index is 1460. The smallest absolute Gasteiger partial charge is 0.407 e. The molecule has 13 N–H and O–H groups in total. The van der Waals surface area contributed by atoms with Crippen LogP contribution < -0.4 is 0 Å². The summed E-state index contributed by atoms with van der Waals surface area (Å²) in [5.74, 6) is -3.39. The van der Waals surface area contributed by atoms with Crippen molar-refractivity contribution in [1.29, 1.82) is 0 Å². The van der Waals surface area contributed by atoms with E-state index in [1.165, 1.54) is 33.7 Å². The lowest BCUT2D eigenvalue weighted by Crippen LogP contribution is -2.54. The Labute approximate surface area is 376 Å². The fourth-order valence-corrected chi connectivity index (χ4v) is 6.96. The van der Waals surface area contributed by atoms with Gasteiger partial charge in [0.15, 0.2) is 0 Å². The van der Waals surface area contributed by atoms with Gasteiger partial charge in [0.1, 0.15) is 18.3 Å². The first-order chi connectivity index (χ1) is 30.4. The molecule has 0 aliphatic carbocycles. The number of aliphatic hydroxyl groups excluding tert-OH is 7. The fraction of sp³-hybridized carbons (Fsp3) is 0.838. The van der Waals surface area contributed by atoms with Crippen LogP contribution in [0, 0.1) is 0 Å². The van der Waals surface area contributed by atoms with E-state index in [4.69, 9.17) is 5.11 Å². The minimum atomic E-state index is -2.03. The molecule has 378 valence electrons. The van der Waals surface area contributed by atoms with Gasteiger partial charge in [-0.2, -0.15) is 0 Å². The van der Waals surface area contributed by atoms with Crippen LogP contribution in [0.4, 0.5) is 14.4 Å². The largest absolute Gasteiger partial charge is 0.480 e. The van der Waals surface area contributed by atoms with Crippen LogP contribution in [0.2, 0.25) is 0 Å². The molecular weight excluding hydrogens is 874 g/mol. The Morgan fingerprint density at radius 1 is 0.492 bits per heavy atom. The second-order valence-electron chi connectivity index (χ2n) is 16.2. The van der Waals surface area contributed by atoms with E-state index < -0.39 is 92.5 Å². The third-order valence-corrected chi connectivity index (χ3v) is 10.6. The summed E-state index contributed by atoms with van der Waals surface area (Å²) < 4.78 is 0. The highest BCUT2D eigenvalue weighted by Crippen LogP contribution is 2.11. The molecule has 0 aromatic heterocycles. The van der Waals surface area contributed by atoms with Gasteiger partial charge in [-0.3, -0.25) is 43.8 Å². The van der Waals surface area contributed by atoms with Gasteiger partial charge in [-0.05, 0) is 14.1 Å². The van der Waals surface area contributed by atoms with Crippen molar-refractivity contribution in [2.45, 2.75) is 36.6 Å². The van der Waals surface area contributed by atoms with Crippen molar-refractivity contribution >= 4 is 36.2 Å². The van der Waals surface area contributed by atoms with Crippen LogP contribution in [-0.2, 0) is 14.4 Å². The molecule has 1 saturated heterocycles. The van der Waals surface area contributed by atoms with Crippen LogP contribution in [0.15, 0.2) is 0 Å². The molecule has 3 amide bonds. The maximum atomic E-state index is 12.1. The van der Waals surface area contributed by atoms with Crippen molar-refractivity contribution in [2.24, 2.45) is 0 Å². The van der Waals surface area contributed by atoms with Gasteiger partial charge in [-0.15, -0.1) is 0 Å². The Morgan fingerprint density at radius 2 is 0.908 bits per heavy atom. The molecule has 1 aliphatic heterocycles. The number of carboxylic acids is 3. The average molecular weight is 946 g/mol. The highest BCUT2D eigenvalue weighted by molar-refractivity contribution is 5.70. The van der Waals surface area contributed by atoms with Gasteiger partial charge in [-0.1, -0.05) is 0 Å². The van der Waals surface area contributed by atoms with Gasteiger partial charge in [0, 0.05) is 124 Å². The topological polar surface area (TPSA) is 395 Å². The summed E-state index contributed by atoms with van der Waals surface area (Å²) in [6.07, 6.45) is -14.3. The van der Waals surface area contributed by atoms with Crippen LogP contribution in [0.5, 0.6) is 0 Å². The van der Waals surface area contributed by atoms with E-state index in [1.54, 1.807) is 9.80 Å². The molecule has 0 saturated carbocycles. The van der Waals surface area contributed by atoms with E-state index in [9.17, 15) is 90.0 Å². The van der Waals surface area contributed by atoms with Gasteiger partial charge >= 0.3 is 36.2 Å². The number of β-amino-alcohol motifs (C(OH)–C–C–N with tert-alkyl or cyclic N) is 1. The predicted octanol–water partition coefficient (Wildman–Crippen LogP) is -6.58. The van der Waals surface area contributed by atoms with Crippen molar-refractivity contribution in [2.75, 3.05) is 165 Å². The number of nitrogens with zero attached hydrogens (tertiary/aromatic N) is 9. The highest BCUT2D eigenvalue weighted by Gasteiger charge is 2.33. The van der Waals surface area contributed by atoms with E-state index in [0.717, 1.165) is 14.7 Å². The zero-order valence-corrected chi connectivity index (χ0v) is 37.0. The molecule has 0 bridgehead atoms. The number of hydrogen-bond donors (Lipinski definition) is 13. The average Bonchev–Trinajstić information content (AvgIpc) is 3.19. The molecule has 65 heavy (non-hydrogen) atoms. The number of amides is 3. The third kappa shape index (κ3) is 25.3. The third-order valence-electron chi connectivity index (χ3n) is 10.6. The molecule has 0 aromatic carbocycles. The summed E-state index contributed by atoms with van der Waals surface area (Å²) in [6.45, 7) is -3.97. The van der Waals surface area contributed by atoms with E-state index in [-0.39, 0.29) is 131 Å². The van der Waals surface area contributed by atoms with Crippen LogP contribution in [0.25, 0.3) is 0 Å². The first-order valence-corrected chi connectivity index (χ1v) is 21.0. The van der Waals surface area contributed by atoms with Crippen LogP contribution >= 0.6 is 0 Å². The summed E-state index contributed by atoms with van der Waals surface area (Å²) in [5, 5.41) is 131. The number of aliphatic carboxylic acids is 3. The number of carboxylic acid groups (broad SMARTS) is 6. The first-order valence-electron chi connectivity index (χ1n) is 21.0. The Morgan fingerprint density at radius 3 is 1.40 bits per heavy atom. The minimum absolute atomic E-state index is 0.00103. The normalized spacial score (nSPS) is 17.9. The van der Waals surface area contributed by atoms with Crippen molar-refractivity contribution < 1.29 is 95.2 Å². The number of hydrogen-bond acceptors (Lipinski definition) is 19. The highest BCUT2D eigenvalue weighted by atomic mass is 16.4. The summed E-state index contributed by atoms with van der Waals surface area (Å²) in [4.78, 5) is 82.0. The standard InChI is InChI=1S/C37H71N9O19/c1-38(22-30(52)53)3-5-40(8-12-44(35(60)61)11-4-39(2)23-31(54)55)17-26(48)19-43(21-28(50)33(58)34(59)29(51)25-47)20-27(49)18-41-6-7-42(24-32(56)57)10-14-46(37(64)65)16-15-45(13-9-41)36(62)63/h26-29,33-34,47-51,58-59H,3-25H2,1-2H3,(H,52,53)(H,54,55)(H,56,57)(H,60,61)(H,62,63)(H,64,65). The lowest BCUT2D eigenvalue weighted by atomic mass is 10.0. The van der Waals surface area contributed by atoms with Crippen molar-refractivity contribution in [3.05, 3.63) is 0 Å².